The van der Waals surface area contributed by atoms with Crippen molar-refractivity contribution in [3.8, 4) is 114 Å². The summed E-state index contributed by atoms with van der Waals surface area (Å²) in [7, 11) is 0. The van der Waals surface area contributed by atoms with E-state index in [-0.39, 0.29) is 6.71 Å². The maximum absolute atomic E-state index is 9.77. The van der Waals surface area contributed by atoms with Crippen LogP contribution in [0.1, 0.15) is 5.56 Å². The topological polar surface area (TPSA) is 115 Å². The number of rotatable bonds is 8. The molecule has 356 valence electrons. The summed E-state index contributed by atoms with van der Waals surface area (Å²) < 4.78 is 9.52. The zero-order chi connectivity index (χ0) is 51.0. The Morgan fingerprint density at radius 2 is 0.792 bits per heavy atom. The summed E-state index contributed by atoms with van der Waals surface area (Å²) in [5.74, 6) is 5.00. The standard InChI is InChI=1S/C67H39BN8O/c69-40-41-26-28-43(29-27-41)50-38-57-60-59(39-50)77-58-33-31-48(42-16-6-1-7-17-42)36-54(58)68(60)55-37-51(67-74-64(46-22-12-4-13-23-46)71-65(75-67)47-24-14-5-15-25-47)35-53-52-34-49(30-32-56(52)76(57)61(53)55)66-72-62(44-18-8-2-9-19-44)70-63(73-66)45-20-10-3-11-21-45/h1-39H. The molecule has 0 unspecified atom stereocenters. The van der Waals surface area contributed by atoms with Crippen molar-refractivity contribution in [3.63, 3.8) is 0 Å². The lowest BCUT2D eigenvalue weighted by atomic mass is 9.34. The van der Waals surface area contributed by atoms with E-state index in [0.717, 1.165) is 111 Å². The van der Waals surface area contributed by atoms with Crippen molar-refractivity contribution < 1.29 is 4.74 Å². The molecule has 9 nitrogen and oxygen atoms in total. The lowest BCUT2D eigenvalue weighted by Gasteiger charge is -2.34. The molecule has 10 heteroatoms. The van der Waals surface area contributed by atoms with E-state index < -0.39 is 0 Å². The van der Waals surface area contributed by atoms with E-state index in [2.05, 4.69) is 95.6 Å². The summed E-state index contributed by atoms with van der Waals surface area (Å²) in [6.07, 6.45) is 0. The average molecular weight is 983 g/mol. The van der Waals surface area contributed by atoms with E-state index >= 15 is 0 Å². The Labute approximate surface area is 443 Å². The molecule has 0 spiro atoms. The zero-order valence-corrected chi connectivity index (χ0v) is 41.1. The molecule has 0 aliphatic carbocycles. The van der Waals surface area contributed by atoms with Gasteiger partial charge in [-0.05, 0) is 93.2 Å². The first-order valence-electron chi connectivity index (χ1n) is 25.5. The minimum Gasteiger partial charge on any atom is -0.458 e. The number of hydrogen-bond donors (Lipinski definition) is 0. The predicted molar refractivity (Wildman–Crippen MR) is 307 cm³/mol. The number of ether oxygens (including phenoxy) is 1. The third-order valence-electron chi connectivity index (χ3n) is 14.8. The van der Waals surface area contributed by atoms with Gasteiger partial charge in [0.05, 0.1) is 17.1 Å². The van der Waals surface area contributed by atoms with Crippen molar-refractivity contribution in [3.05, 3.63) is 242 Å². The Hall–Kier alpha value is -10.6. The molecule has 0 radical (unpaired) electrons. The van der Waals surface area contributed by atoms with Gasteiger partial charge in [-0.15, -0.1) is 0 Å². The molecule has 15 rings (SSSR count). The van der Waals surface area contributed by atoms with Gasteiger partial charge in [0, 0.05) is 55.4 Å². The first-order valence-corrected chi connectivity index (χ1v) is 25.5. The van der Waals surface area contributed by atoms with Gasteiger partial charge in [0.15, 0.2) is 34.9 Å². The SMILES string of the molecule is N#Cc1ccc(-c2cc3c4c(c2)-n2c5ccc(-c6nc(-c7ccccc7)nc(-c7ccccc7)n6)cc5c5cc(-c6nc(-c7ccccc7)nc(-c7ccccc7)n6)cc(c52)B4c2cc(-c4ccccc4)ccc2O3)cc1. The lowest BCUT2D eigenvalue weighted by molar-refractivity contribution is 0.487. The van der Waals surface area contributed by atoms with Crippen LogP contribution in [0.25, 0.3) is 118 Å². The van der Waals surface area contributed by atoms with Crippen LogP contribution in [0.4, 0.5) is 0 Å². The van der Waals surface area contributed by atoms with Crippen molar-refractivity contribution in [1.82, 2.24) is 34.5 Å². The van der Waals surface area contributed by atoms with E-state index in [0.29, 0.717) is 40.5 Å². The quantitative estimate of drug-likeness (QED) is 0.138. The minimum atomic E-state index is -0.268. The second-order valence-corrected chi connectivity index (χ2v) is 19.4. The molecule has 3 aromatic heterocycles. The Kier molecular flexibility index (Phi) is 10.2. The second kappa shape index (κ2) is 17.8. The molecule has 0 amide bonds. The summed E-state index contributed by atoms with van der Waals surface area (Å²) >= 11 is 0. The first-order chi connectivity index (χ1) is 38.1. The summed E-state index contributed by atoms with van der Waals surface area (Å²) in [6.45, 7) is -0.268. The fourth-order valence-electron chi connectivity index (χ4n) is 11.1. The van der Waals surface area contributed by atoms with Crippen LogP contribution in [0.5, 0.6) is 11.5 Å². The van der Waals surface area contributed by atoms with Gasteiger partial charge in [-0.1, -0.05) is 182 Å². The van der Waals surface area contributed by atoms with Gasteiger partial charge in [-0.3, -0.25) is 0 Å². The monoisotopic (exact) mass is 982 g/mol. The summed E-state index contributed by atoms with van der Waals surface area (Å²) in [5, 5.41) is 11.8. The summed E-state index contributed by atoms with van der Waals surface area (Å²) in [6, 6.07) is 82.9. The van der Waals surface area contributed by atoms with Crippen LogP contribution >= 0.6 is 0 Å². The van der Waals surface area contributed by atoms with Gasteiger partial charge in [0.25, 0.3) is 6.71 Å². The van der Waals surface area contributed by atoms with Crippen molar-refractivity contribution in [2.45, 2.75) is 0 Å². The number of fused-ring (bicyclic) bond motifs is 7. The van der Waals surface area contributed by atoms with E-state index in [9.17, 15) is 5.26 Å². The second-order valence-electron chi connectivity index (χ2n) is 19.4. The van der Waals surface area contributed by atoms with Crippen molar-refractivity contribution in [1.29, 1.82) is 5.26 Å². The van der Waals surface area contributed by atoms with Crippen LogP contribution in [0.2, 0.25) is 0 Å². The summed E-state index contributed by atoms with van der Waals surface area (Å²) in [5.41, 5.74) is 16.3. The van der Waals surface area contributed by atoms with E-state index in [4.69, 9.17) is 34.6 Å². The first kappa shape index (κ1) is 43.9. The fraction of sp³-hybridized carbons (Fsp3) is 0. The van der Waals surface area contributed by atoms with Crippen LogP contribution in [0.3, 0.4) is 0 Å². The van der Waals surface area contributed by atoms with E-state index in [1.807, 2.05) is 152 Å². The molecule has 5 heterocycles. The Balaban J connectivity index is 1.04. The van der Waals surface area contributed by atoms with Crippen LogP contribution in [-0.2, 0) is 0 Å². The molecule has 0 N–H and O–H groups in total. The van der Waals surface area contributed by atoms with E-state index in [1.54, 1.807) is 0 Å². The van der Waals surface area contributed by atoms with Crippen LogP contribution in [0, 0.1) is 11.3 Å². The maximum atomic E-state index is 9.77. The number of aromatic nitrogens is 7. The molecule has 0 saturated heterocycles. The highest BCUT2D eigenvalue weighted by Crippen LogP contribution is 2.43. The molecule has 0 bridgehead atoms. The molecule has 2 aliphatic rings. The van der Waals surface area contributed by atoms with Crippen LogP contribution in [0.15, 0.2) is 237 Å². The Bertz CT molecular complexity index is 4410. The van der Waals surface area contributed by atoms with E-state index in [1.165, 1.54) is 0 Å². The zero-order valence-electron chi connectivity index (χ0n) is 41.1. The number of nitriles is 1. The number of benzene rings is 10. The lowest BCUT2D eigenvalue weighted by Crippen LogP contribution is -2.58. The third-order valence-corrected chi connectivity index (χ3v) is 14.8. The molecular weight excluding hydrogens is 944 g/mol. The number of nitrogens with zero attached hydrogens (tertiary/aromatic N) is 8. The van der Waals surface area contributed by atoms with Crippen molar-refractivity contribution in [2.24, 2.45) is 0 Å². The highest BCUT2D eigenvalue weighted by atomic mass is 16.5. The maximum Gasteiger partial charge on any atom is 0.256 e. The highest BCUT2D eigenvalue weighted by Gasteiger charge is 2.42. The van der Waals surface area contributed by atoms with Crippen molar-refractivity contribution >= 4 is 44.9 Å². The van der Waals surface area contributed by atoms with Gasteiger partial charge in [-0.25, -0.2) is 29.9 Å². The molecule has 13 aromatic rings. The Morgan fingerprint density at radius 1 is 0.351 bits per heavy atom. The molecule has 77 heavy (non-hydrogen) atoms. The van der Waals surface area contributed by atoms with Crippen LogP contribution in [-0.4, -0.2) is 41.2 Å². The smallest absolute Gasteiger partial charge is 0.256 e. The molecule has 0 saturated carbocycles. The normalized spacial score (nSPS) is 12.0. The molecule has 0 atom stereocenters. The Morgan fingerprint density at radius 3 is 1.32 bits per heavy atom. The highest BCUT2D eigenvalue weighted by molar-refractivity contribution is 6.99. The average Bonchev–Trinajstić information content (AvgIpc) is 4.11. The molecule has 0 fully saturated rings. The van der Waals surface area contributed by atoms with Gasteiger partial charge in [0.1, 0.15) is 11.5 Å². The summed E-state index contributed by atoms with van der Waals surface area (Å²) in [4.78, 5) is 31.1. The molecule has 10 aromatic carbocycles. The minimum absolute atomic E-state index is 0.268. The molecular formula is C67H39BN8O. The fourth-order valence-corrected chi connectivity index (χ4v) is 11.1. The largest absolute Gasteiger partial charge is 0.458 e. The predicted octanol–water partition coefficient (Wildman–Crippen LogP) is 13.3. The van der Waals surface area contributed by atoms with Gasteiger partial charge >= 0.3 is 0 Å². The van der Waals surface area contributed by atoms with Gasteiger partial charge in [-0.2, -0.15) is 5.26 Å². The number of hydrogen-bond acceptors (Lipinski definition) is 8. The third kappa shape index (κ3) is 7.48. The van der Waals surface area contributed by atoms with Crippen LogP contribution < -0.4 is 21.1 Å². The van der Waals surface area contributed by atoms with Gasteiger partial charge < -0.3 is 9.30 Å². The molecule has 2 aliphatic heterocycles. The van der Waals surface area contributed by atoms with Gasteiger partial charge in [0.2, 0.25) is 0 Å². The van der Waals surface area contributed by atoms with Crippen molar-refractivity contribution in [2.75, 3.05) is 0 Å².